The molecule has 2 nitrogen and oxygen atoms in total. The van der Waals surface area contributed by atoms with Crippen LogP contribution in [0.25, 0.3) is 0 Å². The van der Waals surface area contributed by atoms with E-state index in [0.717, 1.165) is 24.7 Å². The van der Waals surface area contributed by atoms with Crippen LogP contribution in [0.1, 0.15) is 46.0 Å². The molecule has 3 unspecified atom stereocenters. The van der Waals surface area contributed by atoms with Gasteiger partial charge in [0.25, 0.3) is 0 Å². The van der Waals surface area contributed by atoms with Gasteiger partial charge in [0.15, 0.2) is 0 Å². The highest BCUT2D eigenvalue weighted by Gasteiger charge is 2.35. The Balaban J connectivity index is 2.01. The molecule has 1 saturated carbocycles. The predicted molar refractivity (Wildman–Crippen MR) is 62.8 cm³/mol. The molecule has 2 fully saturated rings. The number of nitrogens with zero attached hydrogens (tertiary/aromatic N) is 1. The van der Waals surface area contributed by atoms with E-state index in [2.05, 4.69) is 18.7 Å². The maximum atomic E-state index is 9.81. The Kier molecular flexibility index (Phi) is 3.68. The Morgan fingerprint density at radius 2 is 1.80 bits per heavy atom. The Morgan fingerprint density at radius 3 is 2.40 bits per heavy atom. The predicted octanol–water partition coefficient (Wildman–Crippen LogP) is 2.27. The topological polar surface area (TPSA) is 23.5 Å². The van der Waals surface area contributed by atoms with Crippen molar-refractivity contribution in [1.82, 2.24) is 4.90 Å². The van der Waals surface area contributed by atoms with Crippen LogP contribution < -0.4 is 0 Å². The van der Waals surface area contributed by atoms with Gasteiger partial charge in [0, 0.05) is 6.04 Å². The third kappa shape index (κ3) is 2.54. The third-order valence-electron chi connectivity index (χ3n) is 4.31. The molecule has 0 aromatic carbocycles. The van der Waals surface area contributed by atoms with Crippen LogP contribution in [0.3, 0.4) is 0 Å². The normalized spacial score (nSPS) is 38.8. The van der Waals surface area contributed by atoms with E-state index >= 15 is 0 Å². The Labute approximate surface area is 93.7 Å². The molecule has 2 heteroatoms. The number of likely N-dealkylation sites (tertiary alicyclic amines) is 1. The van der Waals surface area contributed by atoms with Gasteiger partial charge >= 0.3 is 0 Å². The van der Waals surface area contributed by atoms with E-state index in [1.165, 1.54) is 32.4 Å². The van der Waals surface area contributed by atoms with Crippen molar-refractivity contribution in [3.05, 3.63) is 0 Å². The van der Waals surface area contributed by atoms with Crippen LogP contribution in [0.2, 0.25) is 0 Å². The minimum atomic E-state index is -0.0365. The molecular formula is C13H25NO. The lowest BCUT2D eigenvalue weighted by atomic mass is 9.76. The summed E-state index contributed by atoms with van der Waals surface area (Å²) in [6.45, 7) is 7.21. The van der Waals surface area contributed by atoms with Gasteiger partial charge in [-0.25, -0.2) is 0 Å². The molecule has 2 rings (SSSR count). The molecule has 0 radical (unpaired) electrons. The molecule has 1 saturated heterocycles. The molecule has 0 amide bonds. The average Bonchev–Trinajstić information content (AvgIpc) is 2.69. The van der Waals surface area contributed by atoms with Crippen molar-refractivity contribution in [1.29, 1.82) is 0 Å². The largest absolute Gasteiger partial charge is 0.393 e. The lowest BCUT2D eigenvalue weighted by molar-refractivity contribution is 0.0214. The second-order valence-corrected chi connectivity index (χ2v) is 5.69. The van der Waals surface area contributed by atoms with Gasteiger partial charge in [-0.3, -0.25) is 0 Å². The van der Waals surface area contributed by atoms with Crippen molar-refractivity contribution in [2.75, 3.05) is 13.1 Å². The van der Waals surface area contributed by atoms with Gasteiger partial charge in [0.2, 0.25) is 0 Å². The molecular weight excluding hydrogens is 186 g/mol. The summed E-state index contributed by atoms with van der Waals surface area (Å²) in [5.74, 6) is 1.58. The molecule has 0 aromatic rings. The van der Waals surface area contributed by atoms with Crippen molar-refractivity contribution in [3.63, 3.8) is 0 Å². The van der Waals surface area contributed by atoms with E-state index in [-0.39, 0.29) is 6.10 Å². The quantitative estimate of drug-likeness (QED) is 0.757. The smallest absolute Gasteiger partial charge is 0.0555 e. The fourth-order valence-electron chi connectivity index (χ4n) is 3.42. The average molecular weight is 211 g/mol. The van der Waals surface area contributed by atoms with Crippen LogP contribution in [-0.4, -0.2) is 35.2 Å². The molecule has 88 valence electrons. The second kappa shape index (κ2) is 4.84. The lowest BCUT2D eigenvalue weighted by Crippen LogP contribution is -2.46. The van der Waals surface area contributed by atoms with Gasteiger partial charge in [-0.15, -0.1) is 0 Å². The molecule has 2 aliphatic rings. The second-order valence-electron chi connectivity index (χ2n) is 5.69. The molecule has 3 atom stereocenters. The molecule has 15 heavy (non-hydrogen) atoms. The summed E-state index contributed by atoms with van der Waals surface area (Å²) in [4.78, 5) is 2.63. The van der Waals surface area contributed by atoms with Crippen molar-refractivity contribution in [2.45, 2.75) is 58.1 Å². The van der Waals surface area contributed by atoms with E-state index in [9.17, 15) is 5.11 Å². The summed E-state index contributed by atoms with van der Waals surface area (Å²) in [6, 6.07) is 0.663. The van der Waals surface area contributed by atoms with Crippen LogP contribution in [-0.2, 0) is 0 Å². The van der Waals surface area contributed by atoms with Crippen LogP contribution in [0.15, 0.2) is 0 Å². The highest BCUT2D eigenvalue weighted by atomic mass is 16.3. The minimum absolute atomic E-state index is 0.0365. The summed E-state index contributed by atoms with van der Waals surface area (Å²) in [5, 5.41) is 9.81. The zero-order chi connectivity index (χ0) is 10.8. The summed E-state index contributed by atoms with van der Waals surface area (Å²) in [7, 11) is 0. The van der Waals surface area contributed by atoms with E-state index in [1.807, 2.05) is 0 Å². The molecule has 0 aromatic heterocycles. The first-order valence-electron chi connectivity index (χ1n) is 6.60. The summed E-state index contributed by atoms with van der Waals surface area (Å²) >= 11 is 0. The highest BCUT2D eigenvalue weighted by Crippen LogP contribution is 2.35. The van der Waals surface area contributed by atoms with Gasteiger partial charge in [-0.2, -0.15) is 0 Å². The SMILES string of the molecule is CC(C)C1CCC(O)CC1N1CCCC1. The maximum absolute atomic E-state index is 9.81. The minimum Gasteiger partial charge on any atom is -0.393 e. The van der Waals surface area contributed by atoms with Crippen LogP contribution in [0.5, 0.6) is 0 Å². The molecule has 0 bridgehead atoms. The summed E-state index contributed by atoms with van der Waals surface area (Å²) < 4.78 is 0. The number of hydrogen-bond donors (Lipinski definition) is 1. The van der Waals surface area contributed by atoms with Crippen LogP contribution in [0, 0.1) is 11.8 Å². The van der Waals surface area contributed by atoms with Crippen molar-refractivity contribution >= 4 is 0 Å². The maximum Gasteiger partial charge on any atom is 0.0555 e. The third-order valence-corrected chi connectivity index (χ3v) is 4.31. The van der Waals surface area contributed by atoms with E-state index in [1.54, 1.807) is 0 Å². The van der Waals surface area contributed by atoms with Crippen molar-refractivity contribution in [2.24, 2.45) is 11.8 Å². The Hall–Kier alpha value is -0.0800. The van der Waals surface area contributed by atoms with Gasteiger partial charge in [0.1, 0.15) is 0 Å². The van der Waals surface area contributed by atoms with E-state index in [0.29, 0.717) is 6.04 Å². The molecule has 1 aliphatic carbocycles. The van der Waals surface area contributed by atoms with Crippen molar-refractivity contribution < 1.29 is 5.11 Å². The van der Waals surface area contributed by atoms with Gasteiger partial charge < -0.3 is 10.0 Å². The van der Waals surface area contributed by atoms with Gasteiger partial charge in [0.05, 0.1) is 6.10 Å². The first kappa shape index (κ1) is 11.4. The monoisotopic (exact) mass is 211 g/mol. The number of hydrogen-bond acceptors (Lipinski definition) is 2. The molecule has 0 spiro atoms. The van der Waals surface area contributed by atoms with E-state index in [4.69, 9.17) is 0 Å². The summed E-state index contributed by atoms with van der Waals surface area (Å²) in [6.07, 6.45) is 5.94. The standard InChI is InChI=1S/C13H25NO/c1-10(2)12-6-5-11(15)9-13(12)14-7-3-4-8-14/h10-13,15H,3-9H2,1-2H3. The Bertz CT molecular complexity index is 199. The van der Waals surface area contributed by atoms with Gasteiger partial charge in [-0.05, 0) is 57.0 Å². The lowest BCUT2D eigenvalue weighted by Gasteiger charge is -2.41. The zero-order valence-corrected chi connectivity index (χ0v) is 10.2. The molecule has 1 aliphatic heterocycles. The summed E-state index contributed by atoms with van der Waals surface area (Å²) in [5.41, 5.74) is 0. The number of aliphatic hydroxyl groups excluding tert-OH is 1. The van der Waals surface area contributed by atoms with Gasteiger partial charge in [-0.1, -0.05) is 13.8 Å². The molecule has 1 heterocycles. The Morgan fingerprint density at radius 1 is 1.13 bits per heavy atom. The van der Waals surface area contributed by atoms with Crippen LogP contribution in [0.4, 0.5) is 0 Å². The van der Waals surface area contributed by atoms with E-state index < -0.39 is 0 Å². The number of aliphatic hydroxyl groups is 1. The zero-order valence-electron chi connectivity index (χ0n) is 10.2. The first-order chi connectivity index (χ1) is 7.18. The van der Waals surface area contributed by atoms with Crippen LogP contribution >= 0.6 is 0 Å². The number of rotatable bonds is 2. The van der Waals surface area contributed by atoms with Crippen molar-refractivity contribution in [3.8, 4) is 0 Å². The molecule has 1 N–H and O–H groups in total. The highest BCUT2D eigenvalue weighted by molar-refractivity contribution is 4.89. The first-order valence-corrected chi connectivity index (χ1v) is 6.60. The fraction of sp³-hybridized carbons (Fsp3) is 1.00. The fourth-order valence-corrected chi connectivity index (χ4v) is 3.42.